The van der Waals surface area contributed by atoms with Crippen LogP contribution in [0.4, 0.5) is 4.79 Å². The Morgan fingerprint density at radius 2 is 1.78 bits per heavy atom. The summed E-state index contributed by atoms with van der Waals surface area (Å²) >= 11 is 0. The van der Waals surface area contributed by atoms with Crippen molar-refractivity contribution in [2.75, 3.05) is 19.3 Å². The number of carboxylic acids is 1. The van der Waals surface area contributed by atoms with E-state index < -0.39 is 34.2 Å². The lowest BCUT2D eigenvalue weighted by Gasteiger charge is -2.19. The number of amides is 1. The smallest absolute Gasteiger partial charge is 0.407 e. The van der Waals surface area contributed by atoms with E-state index in [1.807, 2.05) is 0 Å². The standard InChI is InChI=1S/C9H15NO7S/c1-18(15,16)17-7-3-5-10(9(13)14)4-2-6(7)8(11)12/h6-7H,2-5H2,1H3,(H,11,12)(H,13,14). The van der Waals surface area contributed by atoms with Gasteiger partial charge in [-0.1, -0.05) is 0 Å². The van der Waals surface area contributed by atoms with E-state index in [-0.39, 0.29) is 25.9 Å². The molecule has 1 saturated heterocycles. The monoisotopic (exact) mass is 281 g/mol. The number of hydrogen-bond donors (Lipinski definition) is 2. The van der Waals surface area contributed by atoms with Crippen molar-refractivity contribution in [2.24, 2.45) is 5.92 Å². The number of carboxylic acid groups (broad SMARTS) is 2. The molecular formula is C9H15NO7S. The van der Waals surface area contributed by atoms with Crippen molar-refractivity contribution in [3.05, 3.63) is 0 Å². The van der Waals surface area contributed by atoms with E-state index >= 15 is 0 Å². The Morgan fingerprint density at radius 1 is 1.22 bits per heavy atom. The van der Waals surface area contributed by atoms with Gasteiger partial charge >= 0.3 is 12.1 Å². The molecule has 2 unspecified atom stereocenters. The number of hydrogen-bond acceptors (Lipinski definition) is 5. The number of rotatable bonds is 3. The molecule has 104 valence electrons. The summed E-state index contributed by atoms with van der Waals surface area (Å²) in [5.41, 5.74) is 0. The van der Waals surface area contributed by atoms with Gasteiger partial charge in [-0.25, -0.2) is 4.79 Å². The summed E-state index contributed by atoms with van der Waals surface area (Å²) in [6.07, 6.45) is -1.27. The Hall–Kier alpha value is -1.35. The summed E-state index contributed by atoms with van der Waals surface area (Å²) in [5, 5.41) is 17.8. The third kappa shape index (κ3) is 4.15. The quantitative estimate of drug-likeness (QED) is 0.687. The molecule has 1 heterocycles. The van der Waals surface area contributed by atoms with E-state index in [1.54, 1.807) is 0 Å². The zero-order valence-corrected chi connectivity index (χ0v) is 10.6. The molecule has 2 N–H and O–H groups in total. The van der Waals surface area contributed by atoms with Crippen LogP contribution in [0.3, 0.4) is 0 Å². The first-order chi connectivity index (χ1) is 8.20. The van der Waals surface area contributed by atoms with Crippen molar-refractivity contribution in [3.8, 4) is 0 Å². The van der Waals surface area contributed by atoms with Crippen LogP contribution >= 0.6 is 0 Å². The van der Waals surface area contributed by atoms with Gasteiger partial charge in [0.05, 0.1) is 18.3 Å². The van der Waals surface area contributed by atoms with Crippen molar-refractivity contribution in [2.45, 2.75) is 18.9 Å². The molecule has 1 aliphatic rings. The Morgan fingerprint density at radius 3 is 2.22 bits per heavy atom. The van der Waals surface area contributed by atoms with Gasteiger partial charge in [0.25, 0.3) is 10.1 Å². The molecule has 1 amide bonds. The van der Waals surface area contributed by atoms with E-state index in [0.29, 0.717) is 0 Å². The molecular weight excluding hydrogens is 266 g/mol. The molecule has 1 rings (SSSR count). The number of carbonyl (C=O) groups is 2. The maximum Gasteiger partial charge on any atom is 0.407 e. The van der Waals surface area contributed by atoms with E-state index in [9.17, 15) is 18.0 Å². The van der Waals surface area contributed by atoms with Gasteiger partial charge in [-0.05, 0) is 12.8 Å². The highest BCUT2D eigenvalue weighted by Gasteiger charge is 2.35. The summed E-state index contributed by atoms with van der Waals surface area (Å²) in [6, 6.07) is 0. The van der Waals surface area contributed by atoms with Crippen molar-refractivity contribution >= 4 is 22.2 Å². The fourth-order valence-corrected chi connectivity index (χ4v) is 2.57. The van der Waals surface area contributed by atoms with Gasteiger partial charge in [0, 0.05) is 13.1 Å². The lowest BCUT2D eigenvalue weighted by Crippen LogP contribution is -2.32. The van der Waals surface area contributed by atoms with Crippen molar-refractivity contribution < 1.29 is 32.4 Å². The minimum Gasteiger partial charge on any atom is -0.481 e. The Balaban J connectivity index is 2.84. The summed E-state index contributed by atoms with van der Waals surface area (Å²) in [7, 11) is -3.77. The summed E-state index contributed by atoms with van der Waals surface area (Å²) < 4.78 is 26.8. The van der Waals surface area contributed by atoms with Crippen LogP contribution in [-0.2, 0) is 19.1 Å². The van der Waals surface area contributed by atoms with Crippen LogP contribution in [0.1, 0.15) is 12.8 Å². The van der Waals surface area contributed by atoms with Crippen LogP contribution in [0, 0.1) is 5.92 Å². The van der Waals surface area contributed by atoms with Crippen molar-refractivity contribution in [3.63, 3.8) is 0 Å². The second-order valence-corrected chi connectivity index (χ2v) is 5.73. The number of likely N-dealkylation sites (tertiary alicyclic amines) is 1. The minimum atomic E-state index is -3.77. The molecule has 18 heavy (non-hydrogen) atoms. The van der Waals surface area contributed by atoms with Crippen molar-refractivity contribution in [1.82, 2.24) is 4.90 Å². The average molecular weight is 281 g/mol. The highest BCUT2D eigenvalue weighted by molar-refractivity contribution is 7.86. The molecule has 0 spiro atoms. The normalized spacial score (nSPS) is 25.5. The molecule has 0 bridgehead atoms. The molecule has 1 aliphatic heterocycles. The molecule has 1 fully saturated rings. The maximum atomic E-state index is 11.1. The molecule has 0 saturated carbocycles. The Bertz CT molecular complexity index is 432. The van der Waals surface area contributed by atoms with Gasteiger partial charge in [-0.15, -0.1) is 0 Å². The van der Waals surface area contributed by atoms with Crippen LogP contribution in [0.25, 0.3) is 0 Å². The minimum absolute atomic E-state index is 0.0296. The van der Waals surface area contributed by atoms with Crippen LogP contribution in [0.2, 0.25) is 0 Å². The molecule has 8 nitrogen and oxygen atoms in total. The SMILES string of the molecule is CS(=O)(=O)OC1CCN(C(=O)O)CCC1C(=O)O. The summed E-state index contributed by atoms with van der Waals surface area (Å²) in [4.78, 5) is 22.9. The van der Waals surface area contributed by atoms with Crippen LogP contribution in [0.5, 0.6) is 0 Å². The topological polar surface area (TPSA) is 121 Å². The first kappa shape index (κ1) is 14.7. The summed E-state index contributed by atoms with van der Waals surface area (Å²) in [5.74, 6) is -2.21. The Kier molecular flexibility index (Phi) is 4.52. The van der Waals surface area contributed by atoms with Gasteiger partial charge in [0.15, 0.2) is 0 Å². The van der Waals surface area contributed by atoms with Crippen LogP contribution < -0.4 is 0 Å². The predicted molar refractivity (Wildman–Crippen MR) is 59.7 cm³/mol. The molecule has 0 aromatic carbocycles. The molecule has 0 radical (unpaired) electrons. The van der Waals surface area contributed by atoms with E-state index in [2.05, 4.69) is 0 Å². The molecule has 2 atom stereocenters. The third-order valence-electron chi connectivity index (χ3n) is 2.73. The lowest BCUT2D eigenvalue weighted by atomic mass is 9.98. The van der Waals surface area contributed by atoms with Gasteiger partial charge in [-0.2, -0.15) is 8.42 Å². The first-order valence-electron chi connectivity index (χ1n) is 5.29. The van der Waals surface area contributed by atoms with Crippen LogP contribution in [-0.4, -0.2) is 61.0 Å². The van der Waals surface area contributed by atoms with E-state index in [0.717, 1.165) is 11.2 Å². The number of aliphatic carboxylic acids is 1. The maximum absolute atomic E-state index is 11.1. The predicted octanol–water partition coefficient (Wildman–Crippen LogP) is -0.194. The molecule has 0 aromatic rings. The second kappa shape index (κ2) is 5.53. The van der Waals surface area contributed by atoms with Gasteiger partial charge < -0.3 is 15.1 Å². The largest absolute Gasteiger partial charge is 0.481 e. The highest BCUT2D eigenvalue weighted by atomic mass is 32.2. The zero-order chi connectivity index (χ0) is 13.9. The molecule has 9 heteroatoms. The Labute approximate surface area is 104 Å². The van der Waals surface area contributed by atoms with Crippen LogP contribution in [0.15, 0.2) is 0 Å². The van der Waals surface area contributed by atoms with E-state index in [1.165, 1.54) is 0 Å². The van der Waals surface area contributed by atoms with Crippen molar-refractivity contribution in [1.29, 1.82) is 0 Å². The third-order valence-corrected chi connectivity index (χ3v) is 3.33. The van der Waals surface area contributed by atoms with Gasteiger partial charge in [0.2, 0.25) is 0 Å². The van der Waals surface area contributed by atoms with Gasteiger partial charge in [0.1, 0.15) is 0 Å². The number of nitrogens with zero attached hydrogens (tertiary/aromatic N) is 1. The fourth-order valence-electron chi connectivity index (χ4n) is 1.89. The average Bonchev–Trinajstić information content (AvgIpc) is 2.37. The fraction of sp³-hybridized carbons (Fsp3) is 0.778. The first-order valence-corrected chi connectivity index (χ1v) is 7.11. The molecule has 0 aliphatic carbocycles. The lowest BCUT2D eigenvalue weighted by molar-refractivity contribution is -0.145. The molecule has 0 aromatic heterocycles. The van der Waals surface area contributed by atoms with Gasteiger partial charge in [-0.3, -0.25) is 8.98 Å². The summed E-state index contributed by atoms with van der Waals surface area (Å²) in [6.45, 7) is 0.106. The highest BCUT2D eigenvalue weighted by Crippen LogP contribution is 2.22. The second-order valence-electron chi connectivity index (χ2n) is 4.13. The van der Waals surface area contributed by atoms with E-state index in [4.69, 9.17) is 14.4 Å². The zero-order valence-electron chi connectivity index (χ0n) is 9.77.